The van der Waals surface area contributed by atoms with Crippen LogP contribution in [0.5, 0.6) is 0 Å². The summed E-state index contributed by atoms with van der Waals surface area (Å²) in [6, 6.07) is 32.2. The third-order valence-corrected chi connectivity index (χ3v) is 10.9. The van der Waals surface area contributed by atoms with Crippen LogP contribution >= 0.6 is 0 Å². The molecule has 3 aromatic rings. The number of rotatable bonds is 7. The van der Waals surface area contributed by atoms with Gasteiger partial charge < -0.3 is 9.29 Å². The predicted octanol–water partition coefficient (Wildman–Crippen LogP) is 10.2. The van der Waals surface area contributed by atoms with Crippen molar-refractivity contribution in [3.05, 3.63) is 91.0 Å². The highest BCUT2D eigenvalue weighted by Crippen LogP contribution is 2.60. The number of ether oxygens (including phenoxy) is 1. The molecule has 4 aliphatic rings. The van der Waals surface area contributed by atoms with Crippen LogP contribution in [0.25, 0.3) is 0 Å². The first kappa shape index (κ1) is 41.4. The topological polar surface area (TPSA) is 83.5 Å². The zero-order valence-corrected chi connectivity index (χ0v) is 31.0. The minimum Gasteiger partial charge on any atom is -0.748 e. The van der Waals surface area contributed by atoms with Crippen LogP contribution in [0.3, 0.4) is 0 Å². The minimum atomic E-state index is -4.30. The Hall–Kier alpha value is -2.61. The molecule has 4 aliphatic carbocycles. The maximum Gasteiger partial charge on any atom is 0.312 e. The van der Waals surface area contributed by atoms with Gasteiger partial charge in [0.15, 0.2) is 14.7 Å². The number of esters is 1. The molecule has 0 unspecified atom stereocenters. The monoisotopic (exact) mass is 670 g/mol. The summed E-state index contributed by atoms with van der Waals surface area (Å²) < 4.78 is 36.6. The van der Waals surface area contributed by atoms with Crippen molar-refractivity contribution in [3.8, 4) is 0 Å². The van der Waals surface area contributed by atoms with E-state index in [1.807, 2.05) is 55.4 Å². The minimum absolute atomic E-state index is 0.0146. The number of carbonyl (C=O) groups excluding carboxylic acids is 1. The van der Waals surface area contributed by atoms with Crippen molar-refractivity contribution >= 4 is 27.0 Å². The molecule has 0 heterocycles. The van der Waals surface area contributed by atoms with Gasteiger partial charge in [-0.2, -0.15) is 0 Å². The molecule has 256 valence electrons. The predicted molar refractivity (Wildman–Crippen MR) is 193 cm³/mol. The SMILES string of the molecule is CC.CC.CC.CC.O=C(OCCS(=O)(=O)[O-])C12CC3CC(CC(C3)C1)C2.c1ccc([S+](c2ccccc2)c2ccccc2)cc1. The zero-order valence-electron chi connectivity index (χ0n) is 29.4. The summed E-state index contributed by atoms with van der Waals surface area (Å²) in [7, 11) is -4.32. The third kappa shape index (κ3) is 12.5. The van der Waals surface area contributed by atoms with Gasteiger partial charge in [0.25, 0.3) is 0 Å². The first-order valence-corrected chi connectivity index (χ1v) is 20.1. The molecule has 4 saturated carbocycles. The summed E-state index contributed by atoms with van der Waals surface area (Å²) in [5.41, 5.74) is -0.374. The van der Waals surface area contributed by atoms with E-state index < -0.39 is 15.9 Å². The second-order valence-corrected chi connectivity index (χ2v) is 14.4. The fraction of sp³-hybridized carbons (Fsp3) is 0.513. The molecule has 3 aromatic carbocycles. The average molecular weight is 671 g/mol. The average Bonchev–Trinajstić information content (AvgIpc) is 3.09. The fourth-order valence-electron chi connectivity index (χ4n) is 6.83. The molecule has 0 atom stereocenters. The van der Waals surface area contributed by atoms with E-state index in [1.165, 1.54) is 33.9 Å². The first-order chi connectivity index (χ1) is 22.3. The van der Waals surface area contributed by atoms with E-state index in [0.717, 1.165) is 19.3 Å². The lowest BCUT2D eigenvalue weighted by atomic mass is 9.49. The van der Waals surface area contributed by atoms with Gasteiger partial charge in [0, 0.05) is 0 Å². The van der Waals surface area contributed by atoms with E-state index in [0.29, 0.717) is 17.8 Å². The van der Waals surface area contributed by atoms with E-state index >= 15 is 0 Å². The maximum atomic E-state index is 12.3. The molecule has 46 heavy (non-hydrogen) atoms. The number of hydrogen-bond donors (Lipinski definition) is 0. The largest absolute Gasteiger partial charge is 0.748 e. The lowest BCUT2D eigenvalue weighted by Gasteiger charge is -2.55. The van der Waals surface area contributed by atoms with Crippen LogP contribution in [0.2, 0.25) is 0 Å². The van der Waals surface area contributed by atoms with Crippen molar-refractivity contribution in [1.82, 2.24) is 0 Å². The molecule has 0 aliphatic heterocycles. The van der Waals surface area contributed by atoms with E-state index in [2.05, 4.69) is 91.0 Å². The number of hydrogen-bond acceptors (Lipinski definition) is 5. The van der Waals surface area contributed by atoms with Crippen LogP contribution in [-0.2, 0) is 30.5 Å². The Morgan fingerprint density at radius 3 is 1.24 bits per heavy atom. The molecule has 7 rings (SSSR count). The van der Waals surface area contributed by atoms with Gasteiger partial charge in [-0.25, -0.2) is 8.42 Å². The standard InChI is InChI=1S/C18H15S.C13H20O5S.4C2H6/c1-4-10-16(11-5-1)19(17-12-6-2-7-13-17)18-14-8-3-9-15-18;14-12(18-1-2-19(15,16)17)13-6-9-3-10(7-13)5-11(4-9)8-13;4*1-2/h1-15H;9-11H,1-8H2,(H,15,16,17);4*1-2H3/q+1;;;;;/p-1. The van der Waals surface area contributed by atoms with E-state index in [1.54, 1.807) is 0 Å². The molecule has 5 nitrogen and oxygen atoms in total. The molecular weight excluding hydrogens is 613 g/mol. The quantitative estimate of drug-likeness (QED) is 0.142. The zero-order chi connectivity index (χ0) is 34.6. The highest BCUT2D eigenvalue weighted by atomic mass is 32.2. The summed E-state index contributed by atoms with van der Waals surface area (Å²) in [4.78, 5) is 16.3. The Labute approximate surface area is 283 Å². The highest BCUT2D eigenvalue weighted by molar-refractivity contribution is 7.97. The van der Waals surface area contributed by atoms with Crippen LogP contribution in [-0.4, -0.2) is 31.3 Å². The smallest absolute Gasteiger partial charge is 0.312 e. The molecule has 0 N–H and O–H groups in total. The molecular formula is C39H58O5S2. The van der Waals surface area contributed by atoms with Crippen molar-refractivity contribution in [2.24, 2.45) is 23.2 Å². The summed E-state index contributed by atoms with van der Waals surface area (Å²) >= 11 is 0. The summed E-state index contributed by atoms with van der Waals surface area (Å²) in [6.07, 6.45) is 6.39. The van der Waals surface area contributed by atoms with Crippen LogP contribution in [0, 0.1) is 23.2 Å². The summed E-state index contributed by atoms with van der Waals surface area (Å²) in [5.74, 6) is 1.03. The van der Waals surface area contributed by atoms with E-state index in [9.17, 15) is 17.8 Å². The van der Waals surface area contributed by atoms with Crippen LogP contribution in [0.1, 0.15) is 93.9 Å². The third-order valence-electron chi connectivity index (χ3n) is 7.97. The molecule has 4 fully saturated rings. The lowest BCUT2D eigenvalue weighted by molar-refractivity contribution is -0.170. The molecule has 0 spiro atoms. The lowest BCUT2D eigenvalue weighted by Crippen LogP contribution is -2.50. The number of carbonyl (C=O) groups is 1. The molecule has 0 radical (unpaired) electrons. The molecule has 0 aromatic heterocycles. The van der Waals surface area contributed by atoms with Gasteiger partial charge in [-0.05, 0) is 92.7 Å². The summed E-state index contributed by atoms with van der Waals surface area (Å²) in [5, 5.41) is 0. The van der Waals surface area contributed by atoms with Crippen molar-refractivity contribution < 1.29 is 22.5 Å². The summed E-state index contributed by atoms with van der Waals surface area (Å²) in [6.45, 7) is 15.7. The van der Waals surface area contributed by atoms with Crippen LogP contribution in [0.4, 0.5) is 0 Å². The first-order valence-electron chi connectivity index (χ1n) is 17.3. The van der Waals surface area contributed by atoms with Gasteiger partial charge in [-0.1, -0.05) is 110 Å². The Kier molecular flexibility index (Phi) is 19.9. The molecule has 0 saturated heterocycles. The van der Waals surface area contributed by atoms with Gasteiger partial charge >= 0.3 is 5.97 Å². The Bertz CT molecular complexity index is 1180. The Morgan fingerprint density at radius 2 is 0.957 bits per heavy atom. The molecule has 4 bridgehead atoms. The van der Waals surface area contributed by atoms with E-state index in [4.69, 9.17) is 4.74 Å². The van der Waals surface area contributed by atoms with Gasteiger partial charge in [0.2, 0.25) is 0 Å². The number of benzene rings is 3. The normalized spacial score (nSPS) is 21.6. The van der Waals surface area contributed by atoms with Crippen LogP contribution < -0.4 is 0 Å². The fourth-order valence-corrected chi connectivity index (χ4v) is 9.22. The second kappa shape index (κ2) is 22.0. The van der Waals surface area contributed by atoms with Crippen LogP contribution in [0.15, 0.2) is 106 Å². The molecule has 7 heteroatoms. The second-order valence-electron chi connectivity index (χ2n) is 10.8. The maximum absolute atomic E-state index is 12.3. The van der Waals surface area contributed by atoms with Crippen molar-refractivity contribution in [2.75, 3.05) is 12.4 Å². The van der Waals surface area contributed by atoms with Crippen molar-refractivity contribution in [2.45, 2.75) is 109 Å². The van der Waals surface area contributed by atoms with Crippen molar-refractivity contribution in [3.63, 3.8) is 0 Å². The van der Waals surface area contributed by atoms with Gasteiger partial charge in [0.1, 0.15) is 6.61 Å². The van der Waals surface area contributed by atoms with Crippen molar-refractivity contribution in [1.29, 1.82) is 0 Å². The molecule has 0 amide bonds. The Morgan fingerprint density at radius 1 is 0.652 bits per heavy atom. The highest BCUT2D eigenvalue weighted by Gasteiger charge is 2.55. The van der Waals surface area contributed by atoms with Gasteiger partial charge in [0.05, 0.1) is 32.2 Å². The van der Waals surface area contributed by atoms with Gasteiger partial charge in [-0.3, -0.25) is 4.79 Å². The van der Waals surface area contributed by atoms with E-state index in [-0.39, 0.29) is 28.9 Å². The van der Waals surface area contributed by atoms with Gasteiger partial charge in [-0.15, -0.1) is 0 Å². The Balaban J connectivity index is 0.000000379.